The zero-order valence-corrected chi connectivity index (χ0v) is 13.1. The fourth-order valence-electron chi connectivity index (χ4n) is 2.46. The van der Waals surface area contributed by atoms with Gasteiger partial charge in [0.1, 0.15) is 11.9 Å². The summed E-state index contributed by atoms with van der Waals surface area (Å²) >= 11 is 5.85. The van der Waals surface area contributed by atoms with Gasteiger partial charge in [-0.15, -0.1) is 0 Å². The summed E-state index contributed by atoms with van der Waals surface area (Å²) in [4.78, 5) is 8.14. The first kappa shape index (κ1) is 15.1. The van der Waals surface area contributed by atoms with Gasteiger partial charge >= 0.3 is 0 Å². The molecular formula is C16H18ClN3O2. The number of hydrogen-bond acceptors (Lipinski definition) is 5. The molecule has 1 saturated heterocycles. The number of nitrogens with one attached hydrogen (secondary N) is 1. The minimum Gasteiger partial charge on any atom is -0.488 e. The normalized spacial score (nSPS) is 15.5. The minimum atomic E-state index is 0.209. The molecule has 0 atom stereocenters. The first-order chi connectivity index (χ1) is 10.8. The fourth-order valence-corrected chi connectivity index (χ4v) is 2.60. The number of rotatable bonds is 4. The van der Waals surface area contributed by atoms with E-state index in [0.717, 1.165) is 48.7 Å². The van der Waals surface area contributed by atoms with E-state index in [9.17, 15) is 0 Å². The molecule has 6 heteroatoms. The summed E-state index contributed by atoms with van der Waals surface area (Å²) < 4.78 is 11.5. The Labute approximate surface area is 134 Å². The van der Waals surface area contributed by atoms with E-state index < -0.39 is 0 Å². The Morgan fingerprint density at radius 3 is 2.82 bits per heavy atom. The topological polar surface area (TPSA) is 56.3 Å². The van der Waals surface area contributed by atoms with E-state index in [4.69, 9.17) is 21.1 Å². The highest BCUT2D eigenvalue weighted by atomic mass is 35.5. The van der Waals surface area contributed by atoms with Gasteiger partial charge in [-0.2, -0.15) is 0 Å². The van der Waals surface area contributed by atoms with Crippen LogP contribution in [0.4, 0.5) is 5.69 Å². The largest absolute Gasteiger partial charge is 0.488 e. The highest BCUT2D eigenvalue weighted by Gasteiger charge is 2.17. The number of hydrogen-bond donors (Lipinski definition) is 1. The second-order valence-corrected chi connectivity index (χ2v) is 5.44. The van der Waals surface area contributed by atoms with Gasteiger partial charge in [0, 0.05) is 31.6 Å². The minimum absolute atomic E-state index is 0.209. The third-order valence-corrected chi connectivity index (χ3v) is 3.81. The van der Waals surface area contributed by atoms with Gasteiger partial charge in [0.15, 0.2) is 0 Å². The van der Waals surface area contributed by atoms with Crippen molar-refractivity contribution >= 4 is 17.3 Å². The van der Waals surface area contributed by atoms with Gasteiger partial charge < -0.3 is 14.8 Å². The first-order valence-corrected chi connectivity index (χ1v) is 7.69. The summed E-state index contributed by atoms with van der Waals surface area (Å²) in [6.07, 6.45) is 3.70. The summed E-state index contributed by atoms with van der Waals surface area (Å²) in [6, 6.07) is 7.79. The lowest BCUT2D eigenvalue weighted by Gasteiger charge is -2.24. The van der Waals surface area contributed by atoms with Gasteiger partial charge in [0.2, 0.25) is 5.28 Å². The molecule has 5 nitrogen and oxygen atoms in total. The molecule has 1 N–H and O–H groups in total. The van der Waals surface area contributed by atoms with Crippen LogP contribution in [0.15, 0.2) is 30.5 Å². The summed E-state index contributed by atoms with van der Waals surface area (Å²) in [7, 11) is 1.88. The molecule has 1 aromatic carbocycles. The van der Waals surface area contributed by atoms with E-state index in [-0.39, 0.29) is 11.4 Å². The van der Waals surface area contributed by atoms with Gasteiger partial charge in [-0.05, 0) is 35.9 Å². The molecule has 2 aromatic rings. The third-order valence-electron chi connectivity index (χ3n) is 3.63. The number of halogens is 1. The molecule has 2 heterocycles. The Morgan fingerprint density at radius 1 is 1.27 bits per heavy atom. The molecule has 0 unspecified atom stereocenters. The Balaban J connectivity index is 1.83. The summed E-state index contributed by atoms with van der Waals surface area (Å²) in [5, 5.41) is 3.42. The second-order valence-electron chi connectivity index (χ2n) is 5.10. The number of benzene rings is 1. The Bertz CT molecular complexity index is 645. The molecule has 0 radical (unpaired) electrons. The molecule has 22 heavy (non-hydrogen) atoms. The van der Waals surface area contributed by atoms with Crippen LogP contribution in [0, 0.1) is 0 Å². The molecule has 0 spiro atoms. The van der Waals surface area contributed by atoms with E-state index >= 15 is 0 Å². The van der Waals surface area contributed by atoms with Crippen molar-refractivity contribution in [2.45, 2.75) is 18.9 Å². The molecule has 1 aliphatic heterocycles. The molecule has 0 saturated carbocycles. The van der Waals surface area contributed by atoms with Crippen LogP contribution >= 0.6 is 11.6 Å². The van der Waals surface area contributed by atoms with Crippen LogP contribution in [-0.2, 0) is 4.74 Å². The molecule has 116 valence electrons. The highest BCUT2D eigenvalue weighted by Crippen LogP contribution is 2.31. The lowest BCUT2D eigenvalue weighted by molar-refractivity contribution is 0.0258. The van der Waals surface area contributed by atoms with Crippen LogP contribution in [0.25, 0.3) is 11.3 Å². The molecule has 0 bridgehead atoms. The molecular weight excluding hydrogens is 302 g/mol. The van der Waals surface area contributed by atoms with Crippen molar-refractivity contribution in [1.82, 2.24) is 9.97 Å². The summed E-state index contributed by atoms with van der Waals surface area (Å²) in [5.74, 6) is 0.846. The maximum absolute atomic E-state index is 6.09. The van der Waals surface area contributed by atoms with E-state index in [0.29, 0.717) is 0 Å². The monoisotopic (exact) mass is 319 g/mol. The zero-order chi connectivity index (χ0) is 15.4. The van der Waals surface area contributed by atoms with E-state index in [1.54, 1.807) is 6.20 Å². The summed E-state index contributed by atoms with van der Waals surface area (Å²) in [5.41, 5.74) is 2.68. The van der Waals surface area contributed by atoms with Crippen molar-refractivity contribution in [3.63, 3.8) is 0 Å². The maximum Gasteiger partial charge on any atom is 0.222 e. The second kappa shape index (κ2) is 6.94. The maximum atomic E-state index is 6.09. The quantitative estimate of drug-likeness (QED) is 0.875. The first-order valence-electron chi connectivity index (χ1n) is 7.31. The zero-order valence-electron chi connectivity index (χ0n) is 12.4. The Morgan fingerprint density at radius 2 is 2.09 bits per heavy atom. The average Bonchev–Trinajstić information content (AvgIpc) is 2.56. The number of anilines is 1. The number of ether oxygens (including phenoxy) is 2. The predicted octanol–water partition coefficient (Wildman–Crippen LogP) is 3.40. The van der Waals surface area contributed by atoms with Crippen molar-refractivity contribution in [2.24, 2.45) is 0 Å². The van der Waals surface area contributed by atoms with Gasteiger partial charge in [-0.3, -0.25) is 0 Å². The molecule has 0 aliphatic carbocycles. The Hall–Kier alpha value is -1.85. The molecule has 1 fully saturated rings. The van der Waals surface area contributed by atoms with Gasteiger partial charge in [0.25, 0.3) is 0 Å². The Kier molecular flexibility index (Phi) is 4.75. The van der Waals surface area contributed by atoms with Crippen LogP contribution in [0.1, 0.15) is 12.8 Å². The molecule has 1 aromatic heterocycles. The van der Waals surface area contributed by atoms with Crippen LogP contribution in [0.5, 0.6) is 5.75 Å². The summed E-state index contributed by atoms with van der Waals surface area (Å²) in [6.45, 7) is 1.52. The van der Waals surface area contributed by atoms with E-state index in [2.05, 4.69) is 15.3 Å². The van der Waals surface area contributed by atoms with Crippen molar-refractivity contribution < 1.29 is 9.47 Å². The van der Waals surface area contributed by atoms with Gasteiger partial charge in [-0.1, -0.05) is 0 Å². The number of nitrogens with zero attached hydrogens (tertiary/aromatic N) is 2. The predicted molar refractivity (Wildman–Crippen MR) is 86.5 cm³/mol. The van der Waals surface area contributed by atoms with E-state index in [1.165, 1.54) is 0 Å². The number of aromatic nitrogens is 2. The van der Waals surface area contributed by atoms with Crippen LogP contribution in [-0.4, -0.2) is 36.3 Å². The lowest BCUT2D eigenvalue weighted by atomic mass is 10.1. The van der Waals surface area contributed by atoms with Crippen molar-refractivity contribution in [3.8, 4) is 17.0 Å². The average molecular weight is 320 g/mol. The lowest BCUT2D eigenvalue weighted by Crippen LogP contribution is -2.26. The third kappa shape index (κ3) is 3.48. The van der Waals surface area contributed by atoms with Crippen LogP contribution < -0.4 is 10.1 Å². The van der Waals surface area contributed by atoms with Gasteiger partial charge in [0.05, 0.1) is 24.6 Å². The van der Waals surface area contributed by atoms with Crippen molar-refractivity contribution in [3.05, 3.63) is 35.7 Å². The van der Waals surface area contributed by atoms with Crippen molar-refractivity contribution in [2.75, 3.05) is 25.6 Å². The highest BCUT2D eigenvalue weighted by molar-refractivity contribution is 6.28. The van der Waals surface area contributed by atoms with Crippen LogP contribution in [0.2, 0.25) is 5.28 Å². The standard InChI is InChI=1S/C16H18ClN3O2/c1-18-14-10-11(13-4-7-19-16(17)20-13)2-3-15(14)22-12-5-8-21-9-6-12/h2-4,7,10,12,18H,5-6,8-9H2,1H3. The fraction of sp³-hybridized carbons (Fsp3) is 0.375. The smallest absolute Gasteiger partial charge is 0.222 e. The van der Waals surface area contributed by atoms with Gasteiger partial charge in [-0.25, -0.2) is 9.97 Å². The van der Waals surface area contributed by atoms with Crippen LogP contribution in [0.3, 0.4) is 0 Å². The SMILES string of the molecule is CNc1cc(-c2ccnc(Cl)n2)ccc1OC1CCOCC1. The molecule has 1 aliphatic rings. The molecule has 3 rings (SSSR count). The van der Waals surface area contributed by atoms with Crippen molar-refractivity contribution in [1.29, 1.82) is 0 Å². The molecule has 0 amide bonds. The van der Waals surface area contributed by atoms with E-state index in [1.807, 2.05) is 31.3 Å².